The quantitative estimate of drug-likeness (QED) is 0.632. The molecule has 0 N–H and O–H groups in total. The first-order chi connectivity index (χ1) is 12.1. The minimum atomic E-state index is -0.964. The maximum atomic E-state index is 12.2. The minimum absolute atomic E-state index is 0.0460. The fourth-order valence-electron chi connectivity index (χ4n) is 2.35. The zero-order valence-corrected chi connectivity index (χ0v) is 14.5. The number of aromatic nitrogens is 1. The Balaban J connectivity index is 1.63. The monoisotopic (exact) mass is 355 g/mol. The van der Waals surface area contributed by atoms with Crippen molar-refractivity contribution in [3.63, 3.8) is 0 Å². The number of hydrogen-bond donors (Lipinski definition) is 0. The van der Waals surface area contributed by atoms with Gasteiger partial charge in [-0.25, -0.2) is 9.78 Å². The van der Waals surface area contributed by atoms with Gasteiger partial charge in [0.15, 0.2) is 12.4 Å². The van der Waals surface area contributed by atoms with Crippen molar-refractivity contribution in [3.8, 4) is 11.3 Å². The van der Waals surface area contributed by atoms with E-state index in [-0.39, 0.29) is 6.61 Å². The van der Waals surface area contributed by atoms with Gasteiger partial charge in [-0.1, -0.05) is 42.5 Å². The van der Waals surface area contributed by atoms with Crippen LogP contribution in [0.4, 0.5) is 0 Å². The zero-order chi connectivity index (χ0) is 17.6. The molecular weight excluding hydrogens is 338 g/mol. The van der Waals surface area contributed by atoms with Gasteiger partial charge in [0.2, 0.25) is 5.89 Å². The number of carbonyl (C=O) groups is 1. The molecule has 128 valence electrons. The summed E-state index contributed by atoms with van der Waals surface area (Å²) in [7, 11) is -0.964. The van der Waals surface area contributed by atoms with E-state index in [1.54, 1.807) is 30.7 Å². The van der Waals surface area contributed by atoms with Gasteiger partial charge in [-0.3, -0.25) is 4.21 Å². The van der Waals surface area contributed by atoms with E-state index in [4.69, 9.17) is 9.15 Å². The fourth-order valence-corrected chi connectivity index (χ4v) is 3.00. The number of ether oxygens (including phenoxy) is 1. The highest BCUT2D eigenvalue weighted by molar-refractivity contribution is 7.83. The Kier molecular flexibility index (Phi) is 5.40. The first-order valence-electron chi connectivity index (χ1n) is 7.68. The molecule has 0 aliphatic carbocycles. The number of nitrogens with zero attached hydrogens (tertiary/aromatic N) is 1. The maximum Gasteiger partial charge on any atom is 0.338 e. The summed E-state index contributed by atoms with van der Waals surface area (Å²) in [6.45, 7) is -0.0460. The maximum absolute atomic E-state index is 12.2. The zero-order valence-electron chi connectivity index (χ0n) is 13.7. The van der Waals surface area contributed by atoms with Gasteiger partial charge in [-0.2, -0.15) is 0 Å². The number of oxazole rings is 1. The largest absolute Gasteiger partial charge is 0.452 e. The third kappa shape index (κ3) is 4.64. The molecule has 0 amide bonds. The molecule has 3 aromatic rings. The van der Waals surface area contributed by atoms with Crippen LogP contribution in [0, 0.1) is 0 Å². The van der Waals surface area contributed by atoms with E-state index >= 15 is 0 Å². The van der Waals surface area contributed by atoms with Gasteiger partial charge in [0, 0.05) is 28.4 Å². The highest BCUT2D eigenvalue weighted by Crippen LogP contribution is 2.20. The van der Waals surface area contributed by atoms with Gasteiger partial charge in [0.1, 0.15) is 0 Å². The van der Waals surface area contributed by atoms with E-state index in [0.717, 1.165) is 11.1 Å². The third-order valence-electron chi connectivity index (χ3n) is 3.47. The van der Waals surface area contributed by atoms with Crippen LogP contribution in [0.3, 0.4) is 0 Å². The van der Waals surface area contributed by atoms with Crippen molar-refractivity contribution in [3.05, 3.63) is 77.8 Å². The molecule has 0 bridgehead atoms. The molecule has 0 saturated heterocycles. The standard InChI is InChI=1S/C19H17NO4S/c1-25(22)13-14-6-5-9-16(10-14)19(21)23-12-18-20-11-17(24-18)15-7-3-2-4-8-15/h2-11H,12-13H2,1H3. The summed E-state index contributed by atoms with van der Waals surface area (Å²) >= 11 is 0. The number of rotatable bonds is 6. The molecule has 5 nitrogen and oxygen atoms in total. The Hall–Kier alpha value is -2.73. The summed E-state index contributed by atoms with van der Waals surface area (Å²) in [4.78, 5) is 16.3. The van der Waals surface area contributed by atoms with Crippen molar-refractivity contribution in [2.24, 2.45) is 0 Å². The van der Waals surface area contributed by atoms with Crippen molar-refractivity contribution < 1.29 is 18.2 Å². The molecule has 1 aromatic heterocycles. The van der Waals surface area contributed by atoms with Crippen LogP contribution in [0.1, 0.15) is 21.8 Å². The molecule has 3 rings (SSSR count). The number of carbonyl (C=O) groups excluding carboxylic acids is 1. The van der Waals surface area contributed by atoms with Crippen molar-refractivity contribution in [1.82, 2.24) is 4.98 Å². The first-order valence-corrected chi connectivity index (χ1v) is 9.41. The molecule has 0 spiro atoms. The molecule has 25 heavy (non-hydrogen) atoms. The lowest BCUT2D eigenvalue weighted by molar-refractivity contribution is 0.0439. The average Bonchev–Trinajstić information content (AvgIpc) is 3.09. The highest BCUT2D eigenvalue weighted by Gasteiger charge is 2.12. The molecule has 2 aromatic carbocycles. The minimum Gasteiger partial charge on any atom is -0.452 e. The van der Waals surface area contributed by atoms with E-state index in [1.807, 2.05) is 36.4 Å². The summed E-state index contributed by atoms with van der Waals surface area (Å²) in [6.07, 6.45) is 3.23. The first kappa shape index (κ1) is 17.1. The van der Waals surface area contributed by atoms with Gasteiger partial charge in [-0.15, -0.1) is 0 Å². The van der Waals surface area contributed by atoms with Crippen LogP contribution >= 0.6 is 0 Å². The van der Waals surface area contributed by atoms with Gasteiger partial charge in [-0.05, 0) is 17.7 Å². The smallest absolute Gasteiger partial charge is 0.338 e. The molecule has 1 heterocycles. The molecule has 0 aliphatic rings. The normalized spacial score (nSPS) is 11.9. The van der Waals surface area contributed by atoms with Crippen molar-refractivity contribution >= 4 is 16.8 Å². The van der Waals surface area contributed by atoms with Crippen LogP contribution in [0.5, 0.6) is 0 Å². The van der Waals surface area contributed by atoms with Crippen LogP contribution in [0.2, 0.25) is 0 Å². The Bertz CT molecular complexity index is 889. The predicted molar refractivity (Wildman–Crippen MR) is 95.3 cm³/mol. The summed E-state index contributed by atoms with van der Waals surface area (Å²) in [5.74, 6) is 0.890. The van der Waals surface area contributed by atoms with Crippen LogP contribution < -0.4 is 0 Å². The Morgan fingerprint density at radius 3 is 2.72 bits per heavy atom. The Morgan fingerprint density at radius 1 is 1.16 bits per heavy atom. The van der Waals surface area contributed by atoms with Crippen LogP contribution in [0.15, 0.2) is 65.2 Å². The number of esters is 1. The van der Waals surface area contributed by atoms with Crippen molar-refractivity contribution in [2.45, 2.75) is 12.4 Å². The van der Waals surface area contributed by atoms with Gasteiger partial charge in [0.25, 0.3) is 0 Å². The van der Waals surface area contributed by atoms with Gasteiger partial charge >= 0.3 is 5.97 Å². The summed E-state index contributed by atoms with van der Waals surface area (Å²) in [5.41, 5.74) is 2.16. The third-order valence-corrected chi connectivity index (χ3v) is 4.21. The molecule has 0 radical (unpaired) electrons. The number of benzene rings is 2. The van der Waals surface area contributed by atoms with E-state index in [1.165, 1.54) is 0 Å². The topological polar surface area (TPSA) is 69.4 Å². The Morgan fingerprint density at radius 2 is 1.96 bits per heavy atom. The molecule has 6 heteroatoms. The van der Waals surface area contributed by atoms with Gasteiger partial charge < -0.3 is 9.15 Å². The molecule has 0 aliphatic heterocycles. The van der Waals surface area contributed by atoms with Gasteiger partial charge in [0.05, 0.1) is 11.8 Å². The van der Waals surface area contributed by atoms with Crippen LogP contribution in [-0.4, -0.2) is 21.4 Å². The highest BCUT2D eigenvalue weighted by atomic mass is 32.2. The lowest BCUT2D eigenvalue weighted by Gasteiger charge is -2.04. The van der Waals surface area contributed by atoms with E-state index in [2.05, 4.69) is 4.98 Å². The predicted octanol–water partition coefficient (Wildman–Crippen LogP) is 3.58. The fraction of sp³-hybridized carbons (Fsp3) is 0.158. The summed E-state index contributed by atoms with van der Waals surface area (Å²) < 4.78 is 22.2. The SMILES string of the molecule is CS(=O)Cc1cccc(C(=O)OCc2ncc(-c3ccccc3)o2)c1. The lowest BCUT2D eigenvalue weighted by atomic mass is 10.1. The van der Waals surface area contributed by atoms with Crippen LogP contribution in [0.25, 0.3) is 11.3 Å². The van der Waals surface area contributed by atoms with Crippen molar-refractivity contribution in [1.29, 1.82) is 0 Å². The second-order valence-electron chi connectivity index (χ2n) is 5.48. The van der Waals surface area contributed by atoms with E-state index in [9.17, 15) is 9.00 Å². The van der Waals surface area contributed by atoms with Crippen LogP contribution in [-0.2, 0) is 27.9 Å². The average molecular weight is 355 g/mol. The van der Waals surface area contributed by atoms with E-state index in [0.29, 0.717) is 23.0 Å². The second-order valence-corrected chi connectivity index (χ2v) is 6.91. The summed E-state index contributed by atoms with van der Waals surface area (Å²) in [6, 6.07) is 16.5. The molecular formula is C19H17NO4S. The lowest BCUT2D eigenvalue weighted by Crippen LogP contribution is -2.06. The van der Waals surface area contributed by atoms with Crippen molar-refractivity contribution in [2.75, 3.05) is 6.26 Å². The molecule has 1 unspecified atom stereocenters. The van der Waals surface area contributed by atoms with E-state index < -0.39 is 16.8 Å². The summed E-state index contributed by atoms with van der Waals surface area (Å²) in [5, 5.41) is 0. The molecule has 0 fully saturated rings. The Labute approximate surface area is 148 Å². The molecule has 1 atom stereocenters. The second kappa shape index (κ2) is 7.90. The number of hydrogen-bond acceptors (Lipinski definition) is 5. The molecule has 0 saturated carbocycles.